The van der Waals surface area contributed by atoms with E-state index in [2.05, 4.69) is 59.2 Å². The van der Waals surface area contributed by atoms with Gasteiger partial charge in [-0.15, -0.1) is 0 Å². The SMILES string of the molecule is C[C@H]1CN2C[C@H](O)C[C@@H]2CN1Cc1cccc2ccccc12. The molecule has 22 heavy (non-hydrogen) atoms. The Morgan fingerprint density at radius 2 is 1.86 bits per heavy atom. The maximum absolute atomic E-state index is 9.90. The Balaban J connectivity index is 1.57. The first kappa shape index (κ1) is 14.2. The number of rotatable bonds is 2. The Morgan fingerprint density at radius 1 is 1.05 bits per heavy atom. The van der Waals surface area contributed by atoms with Crippen molar-refractivity contribution in [1.82, 2.24) is 9.80 Å². The molecule has 3 heteroatoms. The average Bonchev–Trinajstić information content (AvgIpc) is 2.87. The monoisotopic (exact) mass is 296 g/mol. The maximum atomic E-state index is 9.90. The number of hydrogen-bond acceptors (Lipinski definition) is 3. The highest BCUT2D eigenvalue weighted by Crippen LogP contribution is 2.27. The van der Waals surface area contributed by atoms with Crippen LogP contribution < -0.4 is 0 Å². The maximum Gasteiger partial charge on any atom is 0.0682 e. The van der Waals surface area contributed by atoms with Gasteiger partial charge in [-0.3, -0.25) is 9.80 Å². The summed E-state index contributed by atoms with van der Waals surface area (Å²) in [4.78, 5) is 5.05. The van der Waals surface area contributed by atoms with E-state index < -0.39 is 0 Å². The molecule has 2 fully saturated rings. The normalized spacial score (nSPS) is 29.8. The highest BCUT2D eigenvalue weighted by Gasteiger charge is 2.38. The molecule has 3 nitrogen and oxygen atoms in total. The Bertz CT molecular complexity index is 666. The van der Waals surface area contributed by atoms with E-state index >= 15 is 0 Å². The summed E-state index contributed by atoms with van der Waals surface area (Å²) in [5.41, 5.74) is 1.41. The minimum absolute atomic E-state index is 0.130. The molecule has 1 N–H and O–H groups in total. The van der Waals surface area contributed by atoms with Gasteiger partial charge in [-0.2, -0.15) is 0 Å². The van der Waals surface area contributed by atoms with E-state index in [1.807, 2.05) is 0 Å². The molecule has 0 aliphatic carbocycles. The summed E-state index contributed by atoms with van der Waals surface area (Å²) in [6, 6.07) is 16.3. The van der Waals surface area contributed by atoms with E-state index in [4.69, 9.17) is 0 Å². The van der Waals surface area contributed by atoms with E-state index in [0.717, 1.165) is 32.6 Å². The van der Waals surface area contributed by atoms with Gasteiger partial charge in [0.25, 0.3) is 0 Å². The van der Waals surface area contributed by atoms with Gasteiger partial charge in [0.15, 0.2) is 0 Å². The van der Waals surface area contributed by atoms with Gasteiger partial charge in [0.2, 0.25) is 0 Å². The molecule has 0 aromatic heterocycles. The third-order valence-corrected chi connectivity index (χ3v) is 5.33. The molecule has 3 atom stereocenters. The summed E-state index contributed by atoms with van der Waals surface area (Å²) in [5.74, 6) is 0. The molecule has 0 radical (unpaired) electrons. The minimum Gasteiger partial charge on any atom is -0.392 e. The third kappa shape index (κ3) is 2.54. The van der Waals surface area contributed by atoms with Crippen LogP contribution in [0.5, 0.6) is 0 Å². The standard InChI is InChI=1S/C19H24N2O/c1-14-10-21-13-18(22)9-17(21)12-20(14)11-16-7-4-6-15-5-2-3-8-19(15)16/h2-8,14,17-18,22H,9-13H2,1H3/t14-,17+,18+/m0/s1. The molecule has 0 spiro atoms. The first-order valence-corrected chi connectivity index (χ1v) is 8.33. The predicted octanol–water partition coefficient (Wildman–Crippen LogP) is 2.48. The van der Waals surface area contributed by atoms with Crippen LogP contribution in [0.25, 0.3) is 10.8 Å². The van der Waals surface area contributed by atoms with Crippen LogP contribution in [-0.2, 0) is 6.54 Å². The summed E-state index contributed by atoms with van der Waals surface area (Å²) in [6.45, 7) is 6.32. The fraction of sp³-hybridized carbons (Fsp3) is 0.474. The van der Waals surface area contributed by atoms with Crippen molar-refractivity contribution in [2.75, 3.05) is 19.6 Å². The summed E-state index contributed by atoms with van der Waals surface area (Å²) in [5, 5.41) is 12.6. The second-order valence-corrected chi connectivity index (χ2v) is 6.91. The summed E-state index contributed by atoms with van der Waals surface area (Å²) in [6.07, 6.45) is 0.799. The van der Waals surface area contributed by atoms with E-state index in [1.165, 1.54) is 16.3 Å². The fourth-order valence-electron chi connectivity index (χ4n) is 4.15. The van der Waals surface area contributed by atoms with E-state index in [0.29, 0.717) is 12.1 Å². The molecule has 2 aliphatic rings. The average molecular weight is 296 g/mol. The van der Waals surface area contributed by atoms with Crippen LogP contribution in [0.3, 0.4) is 0 Å². The first-order chi connectivity index (χ1) is 10.7. The molecule has 116 valence electrons. The molecule has 4 rings (SSSR count). The van der Waals surface area contributed by atoms with Crippen LogP contribution in [0.4, 0.5) is 0 Å². The Hall–Kier alpha value is -1.42. The van der Waals surface area contributed by atoms with Gasteiger partial charge in [-0.25, -0.2) is 0 Å². The predicted molar refractivity (Wildman–Crippen MR) is 89.8 cm³/mol. The number of hydrogen-bond donors (Lipinski definition) is 1. The molecule has 2 aliphatic heterocycles. The number of fused-ring (bicyclic) bond motifs is 2. The summed E-state index contributed by atoms with van der Waals surface area (Å²) >= 11 is 0. The fourth-order valence-corrected chi connectivity index (χ4v) is 4.15. The van der Waals surface area contributed by atoms with Crippen molar-refractivity contribution in [1.29, 1.82) is 0 Å². The van der Waals surface area contributed by atoms with Gasteiger partial charge in [0.1, 0.15) is 0 Å². The van der Waals surface area contributed by atoms with Crippen molar-refractivity contribution < 1.29 is 5.11 Å². The van der Waals surface area contributed by atoms with Gasteiger partial charge < -0.3 is 5.11 Å². The Kier molecular flexibility index (Phi) is 3.65. The van der Waals surface area contributed by atoms with Gasteiger partial charge in [-0.1, -0.05) is 42.5 Å². The quantitative estimate of drug-likeness (QED) is 0.922. The third-order valence-electron chi connectivity index (χ3n) is 5.33. The van der Waals surface area contributed by atoms with Crippen LogP contribution >= 0.6 is 0 Å². The molecule has 2 aromatic rings. The zero-order valence-electron chi connectivity index (χ0n) is 13.2. The molecule has 2 aromatic carbocycles. The highest BCUT2D eigenvalue weighted by atomic mass is 16.3. The zero-order chi connectivity index (χ0) is 15.1. The summed E-state index contributed by atoms with van der Waals surface area (Å²) in [7, 11) is 0. The van der Waals surface area contributed by atoms with Crippen molar-refractivity contribution in [3.05, 3.63) is 48.0 Å². The first-order valence-electron chi connectivity index (χ1n) is 8.33. The molecular weight excluding hydrogens is 272 g/mol. The molecule has 0 saturated carbocycles. The summed E-state index contributed by atoms with van der Waals surface area (Å²) < 4.78 is 0. The number of benzene rings is 2. The lowest BCUT2D eigenvalue weighted by Crippen LogP contribution is -2.54. The van der Waals surface area contributed by atoms with Gasteiger partial charge >= 0.3 is 0 Å². The van der Waals surface area contributed by atoms with Crippen LogP contribution in [0.1, 0.15) is 18.9 Å². The van der Waals surface area contributed by atoms with Crippen molar-refractivity contribution in [2.45, 2.75) is 38.1 Å². The van der Waals surface area contributed by atoms with Crippen LogP contribution in [-0.4, -0.2) is 52.7 Å². The lowest BCUT2D eigenvalue weighted by atomic mass is 10.0. The second kappa shape index (κ2) is 5.65. The van der Waals surface area contributed by atoms with Crippen LogP contribution in [0, 0.1) is 0 Å². The molecule has 2 heterocycles. The van der Waals surface area contributed by atoms with Crippen LogP contribution in [0.15, 0.2) is 42.5 Å². The van der Waals surface area contributed by atoms with Crippen molar-refractivity contribution >= 4 is 10.8 Å². The Labute approximate surface area is 132 Å². The lowest BCUT2D eigenvalue weighted by molar-refractivity contribution is 0.0531. The van der Waals surface area contributed by atoms with Crippen molar-refractivity contribution in [3.63, 3.8) is 0 Å². The van der Waals surface area contributed by atoms with E-state index in [1.54, 1.807) is 0 Å². The van der Waals surface area contributed by atoms with Crippen molar-refractivity contribution in [3.8, 4) is 0 Å². The molecule has 0 unspecified atom stereocenters. The highest BCUT2D eigenvalue weighted by molar-refractivity contribution is 5.85. The molecule has 2 saturated heterocycles. The number of nitrogens with zero attached hydrogens (tertiary/aromatic N) is 2. The smallest absolute Gasteiger partial charge is 0.0682 e. The minimum atomic E-state index is -0.130. The molecule has 0 bridgehead atoms. The van der Waals surface area contributed by atoms with Gasteiger partial charge in [0, 0.05) is 38.3 Å². The van der Waals surface area contributed by atoms with Gasteiger partial charge in [0.05, 0.1) is 6.10 Å². The van der Waals surface area contributed by atoms with Gasteiger partial charge in [-0.05, 0) is 29.7 Å². The van der Waals surface area contributed by atoms with Crippen molar-refractivity contribution in [2.24, 2.45) is 0 Å². The zero-order valence-corrected chi connectivity index (χ0v) is 13.2. The lowest BCUT2D eigenvalue weighted by Gasteiger charge is -2.42. The number of aliphatic hydroxyl groups is 1. The number of piperazine rings is 1. The molecular formula is C19H24N2O. The second-order valence-electron chi connectivity index (χ2n) is 6.91. The molecule has 0 amide bonds. The largest absolute Gasteiger partial charge is 0.392 e. The van der Waals surface area contributed by atoms with Crippen LogP contribution in [0.2, 0.25) is 0 Å². The topological polar surface area (TPSA) is 26.7 Å². The van der Waals surface area contributed by atoms with E-state index in [9.17, 15) is 5.11 Å². The number of aliphatic hydroxyl groups excluding tert-OH is 1. The van der Waals surface area contributed by atoms with E-state index in [-0.39, 0.29) is 6.10 Å². The Morgan fingerprint density at radius 3 is 2.77 bits per heavy atom.